The van der Waals surface area contributed by atoms with E-state index in [1.165, 1.54) is 31.0 Å². The van der Waals surface area contributed by atoms with Crippen molar-refractivity contribution in [2.75, 3.05) is 51.4 Å². The van der Waals surface area contributed by atoms with Crippen LogP contribution in [-0.2, 0) is 9.47 Å². The first-order chi connectivity index (χ1) is 32.2. The number of halogens is 2. The number of likely N-dealkylation sites (tertiary alicyclic amines) is 2. The minimum Gasteiger partial charge on any atom is -0.477 e. The number of aryl methyl sites for hydroxylation is 2. The summed E-state index contributed by atoms with van der Waals surface area (Å²) in [6, 6.07) is 18.4. The van der Waals surface area contributed by atoms with Gasteiger partial charge in [0.2, 0.25) is 23.4 Å². The summed E-state index contributed by atoms with van der Waals surface area (Å²) in [6.45, 7) is 5.85. The molecule has 21 nitrogen and oxygen atoms in total. The Morgan fingerprint density at radius 2 is 1.18 bits per heavy atom. The van der Waals surface area contributed by atoms with E-state index in [1.807, 2.05) is 62.4 Å². The normalized spacial score (nSPS) is 13.5. The van der Waals surface area contributed by atoms with Gasteiger partial charge in [0.25, 0.3) is 5.91 Å². The third-order valence-corrected chi connectivity index (χ3v) is 11.9. The minimum atomic E-state index is -0.977. The molecule has 344 valence electrons. The molecule has 23 heteroatoms. The molecule has 2 saturated heterocycles. The quantitative estimate of drug-likeness (QED) is 0.131. The van der Waals surface area contributed by atoms with E-state index in [0.717, 1.165) is 25.6 Å². The van der Waals surface area contributed by atoms with Crippen LogP contribution in [-0.4, -0.2) is 118 Å². The van der Waals surface area contributed by atoms with Gasteiger partial charge in [-0.2, -0.15) is 9.97 Å². The highest BCUT2D eigenvalue weighted by molar-refractivity contribution is 9.10. The Balaban J connectivity index is 0.000000152. The number of carboxylic acid groups (broad SMARTS) is 1. The van der Waals surface area contributed by atoms with Gasteiger partial charge in [0.1, 0.15) is 17.0 Å². The minimum absolute atomic E-state index is 0.0230. The number of aromatic nitrogens is 8. The number of ether oxygens (including phenoxy) is 2. The predicted molar refractivity (Wildman–Crippen MR) is 247 cm³/mol. The van der Waals surface area contributed by atoms with Gasteiger partial charge in [-0.3, -0.25) is 13.6 Å². The van der Waals surface area contributed by atoms with Crippen molar-refractivity contribution in [3.63, 3.8) is 0 Å². The Morgan fingerprint density at radius 1 is 0.701 bits per heavy atom. The molecule has 0 unspecified atom stereocenters. The lowest BCUT2D eigenvalue weighted by Crippen LogP contribution is -2.48. The zero-order valence-corrected chi connectivity index (χ0v) is 39.3. The van der Waals surface area contributed by atoms with E-state index in [1.54, 1.807) is 38.7 Å². The molecule has 0 atom stereocenters. The summed E-state index contributed by atoms with van der Waals surface area (Å²) in [5.74, 6) is 0.701. The summed E-state index contributed by atoms with van der Waals surface area (Å²) in [7, 11) is 2.71. The first-order valence-electron chi connectivity index (χ1n) is 20.3. The number of benzene rings is 2. The van der Waals surface area contributed by atoms with E-state index in [0.29, 0.717) is 83.5 Å². The van der Waals surface area contributed by atoms with E-state index >= 15 is 0 Å². The number of imidazole rings is 2. The molecular weight excluding hydrogens is 1000 g/mol. The number of amides is 3. The lowest BCUT2D eigenvalue weighted by Gasteiger charge is -2.35. The number of nitrogen functional groups attached to an aromatic ring is 1. The first kappa shape index (κ1) is 45.9. The molecule has 0 saturated carbocycles. The average Bonchev–Trinajstić information content (AvgIpc) is 4.12. The maximum absolute atomic E-state index is 12.9. The van der Waals surface area contributed by atoms with E-state index in [2.05, 4.69) is 72.2 Å². The highest BCUT2D eigenvalue weighted by atomic mass is 79.9. The van der Waals surface area contributed by atoms with Gasteiger partial charge < -0.3 is 44.5 Å². The number of nitrogens with one attached hydrogen (secondary N) is 1. The molecule has 0 bridgehead atoms. The number of methoxy groups -OCH3 is 2. The monoisotopic (exact) mass is 1040 g/mol. The second kappa shape index (κ2) is 19.4. The fourth-order valence-corrected chi connectivity index (χ4v) is 7.61. The number of anilines is 2. The number of pyridine rings is 2. The molecule has 6 aromatic heterocycles. The first-order valence-corrected chi connectivity index (χ1v) is 21.9. The number of nitrogens with two attached hydrogens (primary N) is 1. The van der Waals surface area contributed by atoms with Crippen LogP contribution in [0.25, 0.3) is 34.1 Å². The van der Waals surface area contributed by atoms with Gasteiger partial charge in [0.05, 0.1) is 38.4 Å². The molecule has 0 aliphatic carbocycles. The number of aromatic carboxylic acids is 1. The van der Waals surface area contributed by atoms with Gasteiger partial charge in [0.15, 0.2) is 5.69 Å². The smallest absolute Gasteiger partial charge is 0.409 e. The van der Waals surface area contributed by atoms with E-state index < -0.39 is 5.97 Å². The number of hydrogen-bond donors (Lipinski definition) is 3. The lowest BCUT2D eigenvalue weighted by atomic mass is 10.0. The third kappa shape index (κ3) is 9.96. The third-order valence-electron chi connectivity index (χ3n) is 10.9. The molecular formula is C44H40Br2N12O9. The van der Waals surface area contributed by atoms with Gasteiger partial charge in [-0.05, 0) is 61.4 Å². The van der Waals surface area contributed by atoms with E-state index in [-0.39, 0.29) is 35.6 Å². The standard InChI is InChI=1S/C22H19BrN6O4.C14H16N4O3.C8H5BrN2O2/c1-12-3-4-13(19-26-21(33-27-19)14-10-28(11-14)22(31)32-2)7-16(12)25-20(30)17-9-24-18-8-15(23)5-6-29(17)18;1-8-3-4-9(5-11(8)15)12-16-13(21-17-12)10-6-18(7-10)14(19)20-2;9-5-1-2-11-6(8(12)13)4-10-7(11)3-5/h3-9,14H,10-11H2,1-2H3,(H,25,30);3-5,10H,6-7,15H2,1-2H3;1-4H,(H,12,13). The summed E-state index contributed by atoms with van der Waals surface area (Å²) in [4.78, 5) is 66.7. The highest BCUT2D eigenvalue weighted by Crippen LogP contribution is 2.31. The Bertz CT molecular complexity index is 3150. The van der Waals surface area contributed by atoms with Gasteiger partial charge in [-0.15, -0.1) is 0 Å². The SMILES string of the molecule is COC(=O)N1CC(c2nc(-c3ccc(C)c(N)c3)no2)C1.COC(=O)N1CC(c2nc(-c3ccc(C)c(NC(=O)c4cnc5cc(Br)ccn45)c3)no2)C1.O=C(O)c1cnc2cc(Br)ccn12. The van der Waals surface area contributed by atoms with Crippen LogP contribution in [0, 0.1) is 13.8 Å². The van der Waals surface area contributed by atoms with Crippen LogP contribution in [0.2, 0.25) is 0 Å². The topological polar surface area (TPSA) is 264 Å². The molecule has 2 aromatic carbocycles. The fourth-order valence-electron chi connectivity index (χ4n) is 6.96. The molecule has 8 heterocycles. The van der Waals surface area contributed by atoms with Gasteiger partial charge in [-0.1, -0.05) is 66.4 Å². The highest BCUT2D eigenvalue weighted by Gasteiger charge is 2.37. The number of carbonyl (C=O) groups excluding carboxylic acids is 3. The lowest BCUT2D eigenvalue weighted by molar-refractivity contribution is 0.0688. The second-order valence-corrected chi connectivity index (χ2v) is 17.2. The van der Waals surface area contributed by atoms with Gasteiger partial charge in [0, 0.05) is 70.0 Å². The molecule has 0 spiro atoms. The molecule has 2 fully saturated rings. The maximum atomic E-state index is 12.9. The van der Waals surface area contributed by atoms with Crippen molar-refractivity contribution in [3.05, 3.63) is 129 Å². The maximum Gasteiger partial charge on any atom is 0.409 e. The van der Waals surface area contributed by atoms with Crippen LogP contribution >= 0.6 is 31.9 Å². The van der Waals surface area contributed by atoms with Crippen molar-refractivity contribution >= 4 is 78.6 Å². The number of hydrogen-bond acceptors (Lipinski definition) is 15. The van der Waals surface area contributed by atoms with Crippen LogP contribution < -0.4 is 11.1 Å². The Kier molecular flexibility index (Phi) is 13.3. The molecule has 0 radical (unpaired) electrons. The van der Waals surface area contributed by atoms with Gasteiger partial charge >= 0.3 is 18.2 Å². The summed E-state index contributed by atoms with van der Waals surface area (Å²) >= 11 is 6.69. The molecule has 2 aliphatic rings. The predicted octanol–water partition coefficient (Wildman–Crippen LogP) is 7.46. The Morgan fingerprint density at radius 3 is 1.67 bits per heavy atom. The van der Waals surface area contributed by atoms with Gasteiger partial charge in [-0.25, -0.2) is 24.4 Å². The van der Waals surface area contributed by atoms with Crippen molar-refractivity contribution in [1.82, 2.24) is 48.9 Å². The number of carboxylic acids is 1. The van der Waals surface area contributed by atoms with Crippen LogP contribution in [0.15, 0.2) is 103 Å². The van der Waals surface area contributed by atoms with E-state index in [4.69, 9.17) is 24.6 Å². The molecule has 3 amide bonds. The number of rotatable bonds is 7. The van der Waals surface area contributed by atoms with Crippen LogP contribution in [0.3, 0.4) is 0 Å². The number of nitrogens with zero attached hydrogens (tertiary/aromatic N) is 10. The van der Waals surface area contributed by atoms with Crippen molar-refractivity contribution in [2.24, 2.45) is 0 Å². The molecule has 10 rings (SSSR count). The van der Waals surface area contributed by atoms with Crippen molar-refractivity contribution in [1.29, 1.82) is 0 Å². The van der Waals surface area contributed by atoms with Crippen LogP contribution in [0.4, 0.5) is 21.0 Å². The molecule has 67 heavy (non-hydrogen) atoms. The van der Waals surface area contributed by atoms with Crippen LogP contribution in [0.1, 0.15) is 55.7 Å². The zero-order valence-electron chi connectivity index (χ0n) is 36.1. The Labute approximate surface area is 397 Å². The van der Waals surface area contributed by atoms with E-state index in [9.17, 15) is 19.2 Å². The van der Waals surface area contributed by atoms with Crippen LogP contribution in [0.5, 0.6) is 0 Å². The molecule has 4 N–H and O–H groups in total. The second-order valence-electron chi connectivity index (χ2n) is 15.3. The van der Waals surface area contributed by atoms with Crippen molar-refractivity contribution in [2.45, 2.75) is 25.7 Å². The zero-order chi connectivity index (χ0) is 47.5. The van der Waals surface area contributed by atoms with Crippen molar-refractivity contribution in [3.8, 4) is 22.8 Å². The molecule has 2 aliphatic heterocycles. The average molecular weight is 1040 g/mol. The van der Waals surface area contributed by atoms with Crippen molar-refractivity contribution < 1.29 is 42.8 Å². The number of fused-ring (bicyclic) bond motifs is 2. The fraction of sp³-hybridized carbons (Fsp3) is 0.227. The summed E-state index contributed by atoms with van der Waals surface area (Å²) < 4.78 is 25.0. The number of carbonyl (C=O) groups is 4. The summed E-state index contributed by atoms with van der Waals surface area (Å²) in [6.07, 6.45) is 5.62. The summed E-state index contributed by atoms with van der Waals surface area (Å²) in [5.41, 5.74) is 12.5. The Hall–Kier alpha value is -7.66. The largest absolute Gasteiger partial charge is 0.477 e. The molecule has 8 aromatic rings. The summed E-state index contributed by atoms with van der Waals surface area (Å²) in [5, 5.41) is 19.8.